The lowest BCUT2D eigenvalue weighted by Gasteiger charge is -2.08. The molecule has 4 aromatic rings. The van der Waals surface area contributed by atoms with Gasteiger partial charge in [0.15, 0.2) is 0 Å². The van der Waals surface area contributed by atoms with Crippen molar-refractivity contribution >= 4 is 45.1 Å². The number of esters is 2. The van der Waals surface area contributed by atoms with Gasteiger partial charge in [-0.25, -0.2) is 9.59 Å². The first-order chi connectivity index (χ1) is 13.5. The van der Waals surface area contributed by atoms with Crippen LogP contribution in [0.1, 0.15) is 38.2 Å². The SMILES string of the molecule is CCOC(=O)c1[nH]c2cc3c(ccn3-c3ccsc3C(=O)OC)c(C)c2c1C. The fourth-order valence-electron chi connectivity index (χ4n) is 3.74. The first kappa shape index (κ1) is 18.3. The highest BCUT2D eigenvalue weighted by Gasteiger charge is 2.21. The van der Waals surface area contributed by atoms with Crippen LogP contribution in [0.5, 0.6) is 0 Å². The van der Waals surface area contributed by atoms with Crippen molar-refractivity contribution in [2.45, 2.75) is 20.8 Å². The number of methoxy groups -OCH3 is 1. The zero-order chi connectivity index (χ0) is 20.0. The van der Waals surface area contributed by atoms with Crippen LogP contribution >= 0.6 is 11.3 Å². The first-order valence-corrected chi connectivity index (χ1v) is 9.82. The molecule has 0 saturated carbocycles. The molecule has 0 spiro atoms. The monoisotopic (exact) mass is 396 g/mol. The maximum absolute atomic E-state index is 12.3. The van der Waals surface area contributed by atoms with Crippen molar-refractivity contribution < 1.29 is 19.1 Å². The van der Waals surface area contributed by atoms with Crippen LogP contribution in [0.15, 0.2) is 29.8 Å². The summed E-state index contributed by atoms with van der Waals surface area (Å²) in [7, 11) is 1.38. The molecule has 0 atom stereocenters. The van der Waals surface area contributed by atoms with Crippen molar-refractivity contribution in [3.8, 4) is 5.69 Å². The standard InChI is InChI=1S/C21H20N2O4S/c1-5-27-20(24)18-12(3)17-11(2)13-6-8-23(16(13)10-14(17)22-18)15-7-9-28-19(15)21(25)26-4/h6-10,22H,5H2,1-4H3. The van der Waals surface area contributed by atoms with Crippen LogP contribution in [0, 0.1) is 13.8 Å². The minimum Gasteiger partial charge on any atom is -0.465 e. The quantitative estimate of drug-likeness (QED) is 0.505. The fraction of sp³-hybridized carbons (Fsp3) is 0.238. The molecule has 0 aliphatic heterocycles. The zero-order valence-corrected chi connectivity index (χ0v) is 16.9. The summed E-state index contributed by atoms with van der Waals surface area (Å²) in [6.45, 7) is 6.08. The summed E-state index contributed by atoms with van der Waals surface area (Å²) in [5, 5.41) is 3.95. The molecular weight excluding hydrogens is 376 g/mol. The number of rotatable bonds is 4. The van der Waals surface area contributed by atoms with Crippen LogP contribution in [-0.4, -0.2) is 35.2 Å². The minimum absolute atomic E-state index is 0.327. The van der Waals surface area contributed by atoms with Gasteiger partial charge in [-0.15, -0.1) is 11.3 Å². The Morgan fingerprint density at radius 3 is 2.68 bits per heavy atom. The molecule has 3 heterocycles. The number of nitrogens with zero attached hydrogens (tertiary/aromatic N) is 1. The zero-order valence-electron chi connectivity index (χ0n) is 16.1. The van der Waals surface area contributed by atoms with E-state index in [0.717, 1.165) is 38.6 Å². The van der Waals surface area contributed by atoms with Crippen LogP contribution in [0.4, 0.5) is 0 Å². The average Bonchev–Trinajstić information content (AvgIpc) is 3.38. The lowest BCUT2D eigenvalue weighted by molar-refractivity contribution is 0.0519. The van der Waals surface area contributed by atoms with E-state index in [9.17, 15) is 9.59 Å². The van der Waals surface area contributed by atoms with E-state index in [2.05, 4.69) is 4.98 Å². The summed E-state index contributed by atoms with van der Waals surface area (Å²) in [6, 6.07) is 5.94. The predicted molar refractivity (Wildman–Crippen MR) is 110 cm³/mol. The number of aromatic nitrogens is 2. The number of H-pyrrole nitrogens is 1. The minimum atomic E-state index is -0.357. The molecular formula is C21H20N2O4S. The number of hydrogen-bond acceptors (Lipinski definition) is 5. The summed E-state index contributed by atoms with van der Waals surface area (Å²) in [4.78, 5) is 28.1. The molecule has 1 aromatic carbocycles. The molecule has 0 radical (unpaired) electrons. The summed E-state index contributed by atoms with van der Waals surface area (Å²) >= 11 is 1.35. The second-order valence-electron chi connectivity index (χ2n) is 6.51. The average molecular weight is 396 g/mol. The number of aryl methyl sites for hydroxylation is 2. The second-order valence-corrected chi connectivity index (χ2v) is 7.43. The van der Waals surface area contributed by atoms with E-state index in [1.165, 1.54) is 18.4 Å². The van der Waals surface area contributed by atoms with Gasteiger partial charge in [-0.2, -0.15) is 0 Å². The Balaban J connectivity index is 1.96. The van der Waals surface area contributed by atoms with Gasteiger partial charge in [0.1, 0.15) is 10.6 Å². The van der Waals surface area contributed by atoms with Gasteiger partial charge in [0.2, 0.25) is 0 Å². The smallest absolute Gasteiger partial charge is 0.355 e. The van der Waals surface area contributed by atoms with Crippen molar-refractivity contribution in [1.29, 1.82) is 0 Å². The second kappa shape index (κ2) is 6.83. The molecule has 1 N–H and O–H groups in total. The number of benzene rings is 1. The summed E-state index contributed by atoms with van der Waals surface area (Å²) in [6.07, 6.45) is 1.95. The van der Waals surface area contributed by atoms with Gasteiger partial charge >= 0.3 is 11.9 Å². The van der Waals surface area contributed by atoms with Gasteiger partial charge in [-0.1, -0.05) is 0 Å². The van der Waals surface area contributed by atoms with Crippen LogP contribution < -0.4 is 0 Å². The Kier molecular flexibility index (Phi) is 4.47. The van der Waals surface area contributed by atoms with Crippen molar-refractivity contribution in [3.05, 3.63) is 51.5 Å². The summed E-state index contributed by atoms with van der Waals surface area (Å²) in [5.74, 6) is -0.709. The molecule has 0 aliphatic rings. The van der Waals surface area contributed by atoms with Gasteiger partial charge in [-0.05, 0) is 55.5 Å². The van der Waals surface area contributed by atoms with E-state index in [4.69, 9.17) is 9.47 Å². The van der Waals surface area contributed by atoms with Crippen LogP contribution in [0.3, 0.4) is 0 Å². The number of thiophene rings is 1. The number of fused-ring (bicyclic) bond motifs is 2. The van der Waals surface area contributed by atoms with Crippen molar-refractivity contribution in [3.63, 3.8) is 0 Å². The van der Waals surface area contributed by atoms with Gasteiger partial charge in [0, 0.05) is 22.5 Å². The number of nitrogens with one attached hydrogen (secondary N) is 1. The van der Waals surface area contributed by atoms with E-state index in [0.29, 0.717) is 17.2 Å². The summed E-state index contributed by atoms with van der Waals surface area (Å²) in [5.41, 5.74) is 5.02. The fourth-order valence-corrected chi connectivity index (χ4v) is 4.54. The van der Waals surface area contributed by atoms with Crippen molar-refractivity contribution in [2.75, 3.05) is 13.7 Å². The van der Waals surface area contributed by atoms with E-state index in [1.807, 2.05) is 48.2 Å². The van der Waals surface area contributed by atoms with Gasteiger partial charge in [0.05, 0.1) is 24.9 Å². The van der Waals surface area contributed by atoms with Crippen LogP contribution in [0.25, 0.3) is 27.5 Å². The highest BCUT2D eigenvalue weighted by Crippen LogP contribution is 2.35. The third-order valence-corrected chi connectivity index (χ3v) is 5.90. The van der Waals surface area contributed by atoms with Gasteiger partial charge < -0.3 is 19.0 Å². The molecule has 7 heteroatoms. The van der Waals surface area contributed by atoms with Gasteiger partial charge in [-0.3, -0.25) is 0 Å². The van der Waals surface area contributed by atoms with Crippen LogP contribution in [0.2, 0.25) is 0 Å². The summed E-state index contributed by atoms with van der Waals surface area (Å²) < 4.78 is 12.1. The molecule has 28 heavy (non-hydrogen) atoms. The molecule has 0 bridgehead atoms. The van der Waals surface area contributed by atoms with Crippen molar-refractivity contribution in [2.24, 2.45) is 0 Å². The number of aromatic amines is 1. The Morgan fingerprint density at radius 1 is 1.18 bits per heavy atom. The normalized spacial score (nSPS) is 11.3. The lowest BCUT2D eigenvalue weighted by Crippen LogP contribution is -2.06. The maximum atomic E-state index is 12.3. The van der Waals surface area contributed by atoms with E-state index < -0.39 is 0 Å². The molecule has 4 rings (SSSR count). The predicted octanol–water partition coefficient (Wildman–Crippen LogP) is 4.75. The third kappa shape index (κ3) is 2.62. The Bertz CT molecular complexity index is 1230. The molecule has 0 fully saturated rings. The molecule has 0 aliphatic carbocycles. The molecule has 3 aromatic heterocycles. The van der Waals surface area contributed by atoms with E-state index >= 15 is 0 Å². The maximum Gasteiger partial charge on any atom is 0.355 e. The number of ether oxygens (including phenoxy) is 2. The molecule has 0 amide bonds. The van der Waals surface area contributed by atoms with E-state index in [-0.39, 0.29) is 11.9 Å². The largest absolute Gasteiger partial charge is 0.465 e. The van der Waals surface area contributed by atoms with Gasteiger partial charge in [0.25, 0.3) is 0 Å². The molecule has 0 saturated heterocycles. The van der Waals surface area contributed by atoms with Crippen molar-refractivity contribution in [1.82, 2.24) is 9.55 Å². The molecule has 0 unspecified atom stereocenters. The number of carbonyl (C=O) groups is 2. The highest BCUT2D eigenvalue weighted by atomic mass is 32.1. The van der Waals surface area contributed by atoms with E-state index in [1.54, 1.807) is 6.92 Å². The van der Waals surface area contributed by atoms with Crippen LogP contribution in [-0.2, 0) is 9.47 Å². The highest BCUT2D eigenvalue weighted by molar-refractivity contribution is 7.12. The lowest BCUT2D eigenvalue weighted by atomic mass is 10.0. The Morgan fingerprint density at radius 2 is 1.96 bits per heavy atom. The number of carbonyl (C=O) groups excluding carboxylic acids is 2. The molecule has 6 nitrogen and oxygen atoms in total. The Labute approximate surface area is 165 Å². The topological polar surface area (TPSA) is 73.3 Å². The first-order valence-electron chi connectivity index (χ1n) is 8.94. The number of hydrogen-bond donors (Lipinski definition) is 1. The Hall–Kier alpha value is -3.06. The molecule has 144 valence electrons. The third-order valence-electron chi connectivity index (χ3n) is 5.02.